The summed E-state index contributed by atoms with van der Waals surface area (Å²) in [5.74, 6) is -0.0443. The van der Waals surface area contributed by atoms with Crippen molar-refractivity contribution in [1.29, 1.82) is 0 Å². The van der Waals surface area contributed by atoms with Crippen molar-refractivity contribution in [2.24, 2.45) is 0 Å². The summed E-state index contributed by atoms with van der Waals surface area (Å²) in [7, 11) is 0. The molecular formula is C9H10N4OS. The number of nitrogens with zero attached hydrogens (tertiary/aromatic N) is 3. The summed E-state index contributed by atoms with van der Waals surface area (Å²) in [6.45, 7) is 1.12. The first-order valence-electron chi connectivity index (χ1n) is 4.52. The van der Waals surface area contributed by atoms with E-state index in [1.165, 1.54) is 16.1 Å². The molecule has 0 atom stereocenters. The third kappa shape index (κ3) is 2.63. The molecule has 0 aliphatic carbocycles. The molecule has 1 amide bonds. The zero-order chi connectivity index (χ0) is 10.5. The van der Waals surface area contributed by atoms with E-state index in [-0.39, 0.29) is 5.91 Å². The summed E-state index contributed by atoms with van der Waals surface area (Å²) in [6, 6.07) is 3.65. The van der Waals surface area contributed by atoms with Gasteiger partial charge in [0.1, 0.15) is 0 Å². The molecule has 0 spiro atoms. The Hall–Kier alpha value is -1.69. The number of carbonyl (C=O) groups is 1. The van der Waals surface area contributed by atoms with E-state index in [9.17, 15) is 4.79 Å². The van der Waals surface area contributed by atoms with Gasteiger partial charge in [0, 0.05) is 6.54 Å². The summed E-state index contributed by atoms with van der Waals surface area (Å²) >= 11 is 1.43. The predicted molar refractivity (Wildman–Crippen MR) is 56.7 cm³/mol. The highest BCUT2D eigenvalue weighted by atomic mass is 32.1. The molecule has 2 aromatic rings. The van der Waals surface area contributed by atoms with Gasteiger partial charge in [-0.2, -0.15) is 15.0 Å². The lowest BCUT2D eigenvalue weighted by atomic mass is 10.4. The van der Waals surface area contributed by atoms with Crippen LogP contribution in [0.25, 0.3) is 0 Å². The molecule has 0 radical (unpaired) electrons. The molecule has 0 bridgehead atoms. The Kier molecular flexibility index (Phi) is 3.08. The first kappa shape index (κ1) is 9.85. The molecule has 0 aromatic carbocycles. The van der Waals surface area contributed by atoms with E-state index in [4.69, 9.17) is 0 Å². The SMILES string of the molecule is O=C(NCCn1nccn1)c1cccs1. The fourth-order valence-electron chi connectivity index (χ4n) is 1.12. The fraction of sp³-hybridized carbons (Fsp3) is 0.222. The Balaban J connectivity index is 1.77. The second kappa shape index (κ2) is 4.70. The van der Waals surface area contributed by atoms with Gasteiger partial charge in [0.05, 0.1) is 23.8 Å². The van der Waals surface area contributed by atoms with Crippen molar-refractivity contribution in [3.05, 3.63) is 34.8 Å². The normalized spacial score (nSPS) is 10.1. The van der Waals surface area contributed by atoms with Crippen LogP contribution in [0.3, 0.4) is 0 Å². The van der Waals surface area contributed by atoms with Crippen LogP contribution < -0.4 is 5.32 Å². The maximum atomic E-state index is 11.5. The van der Waals surface area contributed by atoms with Crippen molar-refractivity contribution < 1.29 is 4.79 Å². The van der Waals surface area contributed by atoms with Gasteiger partial charge in [-0.15, -0.1) is 11.3 Å². The minimum atomic E-state index is -0.0443. The lowest BCUT2D eigenvalue weighted by Crippen LogP contribution is -2.27. The maximum absolute atomic E-state index is 11.5. The second-order valence-corrected chi connectivity index (χ2v) is 3.81. The number of thiophene rings is 1. The number of aromatic nitrogens is 3. The second-order valence-electron chi connectivity index (χ2n) is 2.86. The van der Waals surface area contributed by atoms with Crippen LogP contribution in [-0.4, -0.2) is 27.4 Å². The number of rotatable bonds is 4. The molecule has 0 saturated carbocycles. The van der Waals surface area contributed by atoms with Crippen LogP contribution in [0.1, 0.15) is 9.67 Å². The monoisotopic (exact) mass is 222 g/mol. The van der Waals surface area contributed by atoms with Crippen LogP contribution in [0.5, 0.6) is 0 Å². The zero-order valence-electron chi connectivity index (χ0n) is 7.96. The molecule has 2 heterocycles. The molecule has 2 rings (SSSR count). The van der Waals surface area contributed by atoms with Crippen molar-refractivity contribution in [2.75, 3.05) is 6.54 Å². The van der Waals surface area contributed by atoms with Gasteiger partial charge >= 0.3 is 0 Å². The van der Waals surface area contributed by atoms with Crippen molar-refractivity contribution >= 4 is 17.2 Å². The quantitative estimate of drug-likeness (QED) is 0.831. The Morgan fingerprint density at radius 3 is 2.93 bits per heavy atom. The molecule has 0 unspecified atom stereocenters. The molecule has 2 aromatic heterocycles. The van der Waals surface area contributed by atoms with Crippen LogP contribution in [0, 0.1) is 0 Å². The van der Waals surface area contributed by atoms with Crippen molar-refractivity contribution in [1.82, 2.24) is 20.3 Å². The minimum Gasteiger partial charge on any atom is -0.349 e. The highest BCUT2D eigenvalue weighted by molar-refractivity contribution is 7.12. The van der Waals surface area contributed by atoms with Gasteiger partial charge in [0.2, 0.25) is 0 Å². The van der Waals surface area contributed by atoms with Crippen molar-refractivity contribution in [3.8, 4) is 0 Å². The smallest absolute Gasteiger partial charge is 0.261 e. The van der Waals surface area contributed by atoms with E-state index in [1.807, 2.05) is 11.4 Å². The number of amides is 1. The topological polar surface area (TPSA) is 59.8 Å². The Bertz CT molecular complexity index is 409. The standard InChI is InChI=1S/C9H10N4OS/c14-9(8-2-1-7-15-8)10-5-6-13-11-3-4-12-13/h1-4,7H,5-6H2,(H,10,14). The van der Waals surface area contributed by atoms with Crippen LogP contribution >= 0.6 is 11.3 Å². The van der Waals surface area contributed by atoms with Gasteiger partial charge in [-0.3, -0.25) is 4.79 Å². The summed E-state index contributed by atoms with van der Waals surface area (Å²) in [5.41, 5.74) is 0. The summed E-state index contributed by atoms with van der Waals surface area (Å²) in [6.07, 6.45) is 3.22. The first-order chi connectivity index (χ1) is 7.36. The highest BCUT2D eigenvalue weighted by Gasteiger charge is 2.04. The first-order valence-corrected chi connectivity index (χ1v) is 5.40. The molecule has 78 valence electrons. The average molecular weight is 222 g/mol. The van der Waals surface area contributed by atoms with Crippen LogP contribution in [0.15, 0.2) is 29.9 Å². The van der Waals surface area contributed by atoms with Gasteiger partial charge in [-0.05, 0) is 11.4 Å². The Morgan fingerprint density at radius 1 is 1.47 bits per heavy atom. The Morgan fingerprint density at radius 2 is 2.27 bits per heavy atom. The zero-order valence-corrected chi connectivity index (χ0v) is 8.78. The molecule has 5 nitrogen and oxygen atoms in total. The molecule has 0 aliphatic heterocycles. The van der Waals surface area contributed by atoms with E-state index in [0.29, 0.717) is 13.1 Å². The van der Waals surface area contributed by atoms with E-state index in [2.05, 4.69) is 15.5 Å². The number of hydrogen-bond donors (Lipinski definition) is 1. The van der Waals surface area contributed by atoms with Gasteiger partial charge in [0.25, 0.3) is 5.91 Å². The average Bonchev–Trinajstić information content (AvgIpc) is 2.90. The summed E-state index contributed by atoms with van der Waals surface area (Å²) in [4.78, 5) is 13.7. The third-order valence-corrected chi connectivity index (χ3v) is 2.68. The predicted octanol–water partition coefficient (Wildman–Crippen LogP) is 0.770. The molecule has 0 saturated heterocycles. The van der Waals surface area contributed by atoms with Crippen molar-refractivity contribution in [2.45, 2.75) is 6.54 Å². The lowest BCUT2D eigenvalue weighted by molar-refractivity contribution is 0.0955. The molecule has 6 heteroatoms. The Labute approximate surface area is 90.7 Å². The van der Waals surface area contributed by atoms with E-state index in [0.717, 1.165) is 4.88 Å². The molecular weight excluding hydrogens is 212 g/mol. The number of nitrogens with one attached hydrogen (secondary N) is 1. The van der Waals surface area contributed by atoms with Crippen LogP contribution in [0.4, 0.5) is 0 Å². The van der Waals surface area contributed by atoms with E-state index >= 15 is 0 Å². The van der Waals surface area contributed by atoms with Crippen LogP contribution in [0.2, 0.25) is 0 Å². The fourth-order valence-corrected chi connectivity index (χ4v) is 1.76. The molecule has 15 heavy (non-hydrogen) atoms. The third-order valence-electron chi connectivity index (χ3n) is 1.81. The molecule has 1 N–H and O–H groups in total. The summed E-state index contributed by atoms with van der Waals surface area (Å²) in [5, 5.41) is 12.5. The maximum Gasteiger partial charge on any atom is 0.261 e. The molecule has 0 aliphatic rings. The number of hydrogen-bond acceptors (Lipinski definition) is 4. The van der Waals surface area contributed by atoms with E-state index < -0.39 is 0 Å². The van der Waals surface area contributed by atoms with Crippen molar-refractivity contribution in [3.63, 3.8) is 0 Å². The minimum absolute atomic E-state index is 0.0443. The van der Waals surface area contributed by atoms with Gasteiger partial charge in [0.15, 0.2) is 0 Å². The summed E-state index contributed by atoms with van der Waals surface area (Å²) < 4.78 is 0. The van der Waals surface area contributed by atoms with Gasteiger partial charge in [-0.25, -0.2) is 0 Å². The largest absolute Gasteiger partial charge is 0.349 e. The van der Waals surface area contributed by atoms with Crippen LogP contribution in [-0.2, 0) is 6.54 Å². The molecule has 0 fully saturated rings. The highest BCUT2D eigenvalue weighted by Crippen LogP contribution is 2.07. The van der Waals surface area contributed by atoms with Gasteiger partial charge in [-0.1, -0.05) is 6.07 Å². The number of carbonyl (C=O) groups excluding carboxylic acids is 1. The van der Waals surface area contributed by atoms with Gasteiger partial charge < -0.3 is 5.32 Å². The lowest BCUT2D eigenvalue weighted by Gasteiger charge is -2.02. The van der Waals surface area contributed by atoms with E-state index in [1.54, 1.807) is 18.5 Å².